The van der Waals surface area contributed by atoms with Crippen LogP contribution in [-0.2, 0) is 4.79 Å². The molecule has 11 atom stereocenters. The van der Waals surface area contributed by atoms with E-state index in [0.29, 0.717) is 30.1 Å². The molecule has 5 heteroatoms. The first-order valence-corrected chi connectivity index (χ1v) is 11.9. The second kappa shape index (κ2) is 7.49. The van der Waals surface area contributed by atoms with Crippen LogP contribution in [0.5, 0.6) is 0 Å². The topological polar surface area (TPSA) is 98.0 Å². The van der Waals surface area contributed by atoms with Crippen molar-refractivity contribution in [2.24, 2.45) is 46.3 Å². The van der Waals surface area contributed by atoms with Crippen LogP contribution in [0.3, 0.4) is 0 Å². The number of rotatable bonds is 4. The summed E-state index contributed by atoms with van der Waals surface area (Å²) in [6, 6.07) is 0. The van der Waals surface area contributed by atoms with Crippen LogP contribution in [0.4, 0.5) is 0 Å². The summed E-state index contributed by atoms with van der Waals surface area (Å²) in [5.74, 6) is 1.06. The zero-order valence-corrected chi connectivity index (χ0v) is 18.3. The molecule has 0 amide bonds. The number of hydrogen-bond donors (Lipinski definition) is 4. The molecule has 4 rings (SSSR count). The highest BCUT2D eigenvalue weighted by molar-refractivity contribution is 5.66. The van der Waals surface area contributed by atoms with Crippen LogP contribution in [0.1, 0.15) is 78.6 Å². The molecular formula is C24H40O5. The molecule has 4 aliphatic rings. The lowest BCUT2D eigenvalue weighted by atomic mass is 9.43. The van der Waals surface area contributed by atoms with E-state index in [1.165, 1.54) is 0 Å². The van der Waals surface area contributed by atoms with E-state index in [1.54, 1.807) is 0 Å². The van der Waals surface area contributed by atoms with Crippen molar-refractivity contribution < 1.29 is 25.2 Å². The predicted molar refractivity (Wildman–Crippen MR) is 110 cm³/mol. The van der Waals surface area contributed by atoms with E-state index in [0.717, 1.165) is 44.9 Å². The van der Waals surface area contributed by atoms with Gasteiger partial charge in [-0.2, -0.15) is 0 Å². The van der Waals surface area contributed by atoms with Crippen molar-refractivity contribution in [1.29, 1.82) is 0 Å². The Morgan fingerprint density at radius 3 is 2.28 bits per heavy atom. The van der Waals surface area contributed by atoms with Gasteiger partial charge in [0.1, 0.15) is 0 Å². The standard InChI is InChI=1S/C24H40O5/c1-13(4-7-19(26)27)15-5-6-16-20-17(9-11-23(15,16)2)24(3)10-8-14(25)12-18(24)21(28)22(20)29/h13-18,20-22,25,28-29H,4-12H2,1-3H3,(H,26,27)/t13?,14?,15?,16?,17?,18-,20?,21?,22?,23+,24+/m0/s1. The molecule has 0 saturated heterocycles. The van der Waals surface area contributed by atoms with E-state index in [2.05, 4.69) is 20.8 Å². The number of aliphatic hydroxyl groups is 3. The Morgan fingerprint density at radius 1 is 0.931 bits per heavy atom. The van der Waals surface area contributed by atoms with Crippen LogP contribution >= 0.6 is 0 Å². The average molecular weight is 409 g/mol. The molecule has 0 aromatic rings. The van der Waals surface area contributed by atoms with Crippen LogP contribution in [0, 0.1) is 46.3 Å². The number of carboxylic acids is 1. The minimum absolute atomic E-state index is 0.00309. The maximum atomic E-state index is 11.3. The fraction of sp³-hybridized carbons (Fsp3) is 0.958. The van der Waals surface area contributed by atoms with Gasteiger partial charge < -0.3 is 20.4 Å². The summed E-state index contributed by atoms with van der Waals surface area (Å²) in [5.41, 5.74) is 0.119. The Kier molecular flexibility index (Phi) is 5.57. The molecule has 0 aromatic carbocycles. The smallest absolute Gasteiger partial charge is 0.303 e. The first-order valence-electron chi connectivity index (χ1n) is 11.9. The monoisotopic (exact) mass is 408 g/mol. The highest BCUT2D eigenvalue weighted by atomic mass is 16.4. The van der Waals surface area contributed by atoms with Gasteiger partial charge in [0, 0.05) is 6.42 Å². The molecule has 0 aliphatic heterocycles. The van der Waals surface area contributed by atoms with Crippen molar-refractivity contribution in [3.8, 4) is 0 Å². The third-order valence-corrected chi connectivity index (χ3v) is 10.3. The van der Waals surface area contributed by atoms with Gasteiger partial charge in [-0.1, -0.05) is 20.8 Å². The van der Waals surface area contributed by atoms with Crippen LogP contribution in [-0.4, -0.2) is 44.7 Å². The van der Waals surface area contributed by atoms with Crippen molar-refractivity contribution in [3.05, 3.63) is 0 Å². The number of fused-ring (bicyclic) bond motifs is 5. The van der Waals surface area contributed by atoms with Crippen molar-refractivity contribution in [2.45, 2.75) is 96.9 Å². The fourth-order valence-electron chi connectivity index (χ4n) is 8.77. The van der Waals surface area contributed by atoms with Crippen molar-refractivity contribution in [1.82, 2.24) is 0 Å². The summed E-state index contributed by atoms with van der Waals surface area (Å²) in [6.07, 6.45) is 5.87. The number of carbonyl (C=O) groups is 1. The molecule has 4 aliphatic carbocycles. The maximum absolute atomic E-state index is 11.3. The van der Waals surface area contributed by atoms with Gasteiger partial charge in [-0.15, -0.1) is 0 Å². The summed E-state index contributed by atoms with van der Waals surface area (Å²) < 4.78 is 0. The maximum Gasteiger partial charge on any atom is 0.303 e. The van der Waals surface area contributed by atoms with E-state index in [-0.39, 0.29) is 35.2 Å². The lowest BCUT2D eigenvalue weighted by Crippen LogP contribution is -2.64. The Labute approximate surface area is 174 Å². The van der Waals surface area contributed by atoms with E-state index in [1.807, 2.05) is 0 Å². The molecule has 4 saturated carbocycles. The van der Waals surface area contributed by atoms with E-state index in [4.69, 9.17) is 5.11 Å². The van der Waals surface area contributed by atoms with E-state index >= 15 is 0 Å². The quantitative estimate of drug-likeness (QED) is 0.571. The normalized spacial score (nSPS) is 52.9. The van der Waals surface area contributed by atoms with Gasteiger partial charge in [0.05, 0.1) is 18.3 Å². The summed E-state index contributed by atoms with van der Waals surface area (Å²) in [6.45, 7) is 6.89. The summed E-state index contributed by atoms with van der Waals surface area (Å²) >= 11 is 0. The molecule has 5 nitrogen and oxygen atoms in total. The highest BCUT2D eigenvalue weighted by Gasteiger charge is 2.65. The number of carboxylic acid groups (broad SMARTS) is 1. The molecule has 0 bridgehead atoms. The number of aliphatic hydroxyl groups excluding tert-OH is 3. The average Bonchev–Trinajstić information content (AvgIpc) is 3.02. The molecule has 0 spiro atoms. The lowest BCUT2D eigenvalue weighted by Gasteiger charge is -2.63. The molecule has 0 aromatic heterocycles. The zero-order chi connectivity index (χ0) is 21.1. The Balaban J connectivity index is 1.59. The second-order valence-corrected chi connectivity index (χ2v) is 11.5. The molecule has 0 radical (unpaired) electrons. The Morgan fingerprint density at radius 2 is 1.59 bits per heavy atom. The number of aliphatic carboxylic acids is 1. The van der Waals surface area contributed by atoms with Crippen LogP contribution in [0.25, 0.3) is 0 Å². The van der Waals surface area contributed by atoms with Gasteiger partial charge in [0.2, 0.25) is 0 Å². The highest BCUT2D eigenvalue weighted by Crippen LogP contribution is 2.68. The first-order chi connectivity index (χ1) is 13.6. The van der Waals surface area contributed by atoms with Crippen molar-refractivity contribution >= 4 is 5.97 Å². The summed E-state index contributed by atoms with van der Waals surface area (Å²) in [4.78, 5) is 11.1. The molecule has 166 valence electrons. The summed E-state index contributed by atoms with van der Waals surface area (Å²) in [7, 11) is 0. The molecule has 4 fully saturated rings. The molecule has 0 heterocycles. The largest absolute Gasteiger partial charge is 0.481 e. The summed E-state index contributed by atoms with van der Waals surface area (Å²) in [5, 5.41) is 41.7. The molecule has 29 heavy (non-hydrogen) atoms. The fourth-order valence-corrected chi connectivity index (χ4v) is 8.77. The zero-order valence-electron chi connectivity index (χ0n) is 18.3. The minimum atomic E-state index is -0.748. The van der Waals surface area contributed by atoms with Gasteiger partial charge in [-0.25, -0.2) is 0 Å². The van der Waals surface area contributed by atoms with Gasteiger partial charge in [-0.3, -0.25) is 4.79 Å². The van der Waals surface area contributed by atoms with Crippen molar-refractivity contribution in [2.75, 3.05) is 0 Å². The minimum Gasteiger partial charge on any atom is -0.481 e. The van der Waals surface area contributed by atoms with E-state index < -0.39 is 18.2 Å². The lowest BCUT2D eigenvalue weighted by molar-refractivity contribution is -0.223. The van der Waals surface area contributed by atoms with Crippen LogP contribution in [0.2, 0.25) is 0 Å². The van der Waals surface area contributed by atoms with Gasteiger partial charge in [0.25, 0.3) is 0 Å². The molecule has 4 N–H and O–H groups in total. The molecule has 8 unspecified atom stereocenters. The predicted octanol–water partition coefficient (Wildman–Crippen LogP) is 3.45. The first kappa shape index (κ1) is 21.6. The van der Waals surface area contributed by atoms with Crippen LogP contribution in [0.15, 0.2) is 0 Å². The number of hydrogen-bond acceptors (Lipinski definition) is 4. The SMILES string of the molecule is CC(CCC(=O)O)C1CCC2C3C(O)C(O)[C@@H]4CC(O)CC[C@]4(C)C3CC[C@]12C. The third kappa shape index (κ3) is 3.27. The van der Waals surface area contributed by atoms with E-state index in [9.17, 15) is 20.1 Å². The third-order valence-electron chi connectivity index (χ3n) is 10.3. The molecular weight excluding hydrogens is 368 g/mol. The van der Waals surface area contributed by atoms with Gasteiger partial charge in [0.15, 0.2) is 0 Å². The van der Waals surface area contributed by atoms with Crippen molar-refractivity contribution in [3.63, 3.8) is 0 Å². The Hall–Kier alpha value is -0.650. The second-order valence-electron chi connectivity index (χ2n) is 11.5. The van der Waals surface area contributed by atoms with Gasteiger partial charge in [-0.05, 0) is 97.7 Å². The van der Waals surface area contributed by atoms with Gasteiger partial charge >= 0.3 is 5.97 Å². The van der Waals surface area contributed by atoms with Crippen LogP contribution < -0.4 is 0 Å². The Bertz CT molecular complexity index is 637.